The van der Waals surface area contributed by atoms with Gasteiger partial charge in [0, 0.05) is 22.9 Å². The van der Waals surface area contributed by atoms with E-state index in [4.69, 9.17) is 4.99 Å². The standard InChI is InChI=1S/C31H30N4O4S/c1-3-10-25(29-33-26-15-8-9-16-31(26,2)34-29)40-19-32-27(36)18-35-24-14-7-6-12-21(24)23(17-28(37)38)20-11-4-5-13-22(20)30(35)39/h3-15,23H,1,16-19H2,2H3,(H,32,36)(H,33,34)(H,37,38)/b25-10-. The van der Waals surface area contributed by atoms with Crippen molar-refractivity contribution in [2.45, 2.75) is 31.2 Å². The third-order valence-electron chi connectivity index (χ3n) is 7.20. The highest BCUT2D eigenvalue weighted by molar-refractivity contribution is 8.04. The Labute approximate surface area is 237 Å². The average Bonchev–Trinajstić information content (AvgIpc) is 3.27. The highest BCUT2D eigenvalue weighted by Gasteiger charge is 2.36. The van der Waals surface area contributed by atoms with Crippen LogP contribution in [0.3, 0.4) is 0 Å². The second-order valence-corrected chi connectivity index (χ2v) is 10.9. The first-order valence-corrected chi connectivity index (χ1v) is 14.0. The number of carboxylic acids is 1. The van der Waals surface area contributed by atoms with E-state index in [1.54, 1.807) is 42.5 Å². The molecular weight excluding hydrogens is 524 g/mol. The molecule has 0 saturated carbocycles. The number of fused-ring (bicyclic) bond motifs is 3. The minimum atomic E-state index is -0.962. The van der Waals surface area contributed by atoms with Crippen molar-refractivity contribution >= 4 is 41.1 Å². The molecule has 3 aliphatic rings. The maximum atomic E-state index is 13.7. The second kappa shape index (κ2) is 11.4. The molecule has 2 atom stereocenters. The zero-order valence-corrected chi connectivity index (χ0v) is 22.9. The zero-order chi connectivity index (χ0) is 28.3. The van der Waals surface area contributed by atoms with Gasteiger partial charge < -0.3 is 15.7 Å². The van der Waals surface area contributed by atoms with Crippen molar-refractivity contribution in [3.05, 3.63) is 113 Å². The van der Waals surface area contributed by atoms with Gasteiger partial charge in [0.05, 0.1) is 17.2 Å². The number of amidine groups is 1. The molecule has 8 nitrogen and oxygen atoms in total. The van der Waals surface area contributed by atoms with Gasteiger partial charge in [-0.05, 0) is 48.8 Å². The van der Waals surface area contributed by atoms with Crippen LogP contribution < -0.4 is 15.5 Å². The molecule has 2 aliphatic heterocycles. The lowest BCUT2D eigenvalue weighted by atomic mass is 9.86. The summed E-state index contributed by atoms with van der Waals surface area (Å²) < 4.78 is 0. The normalized spacial score (nSPS) is 21.2. The highest BCUT2D eigenvalue weighted by atomic mass is 32.2. The van der Waals surface area contributed by atoms with Crippen LogP contribution in [0.1, 0.15) is 47.2 Å². The van der Waals surface area contributed by atoms with Gasteiger partial charge in [0.15, 0.2) is 0 Å². The SMILES string of the molecule is C=C/C=C(\SCNC(=O)CN1C(=O)c2ccccc2C(CC(=O)O)c2ccccc21)C1=NC2(C)CC=CC=C2N1. The van der Waals surface area contributed by atoms with Crippen LogP contribution in [0, 0.1) is 0 Å². The Morgan fingerprint density at radius 1 is 1.23 bits per heavy atom. The van der Waals surface area contributed by atoms with Crippen LogP contribution in [-0.4, -0.2) is 46.7 Å². The van der Waals surface area contributed by atoms with Crippen molar-refractivity contribution in [3.8, 4) is 0 Å². The fourth-order valence-electron chi connectivity index (χ4n) is 5.25. The third-order valence-corrected chi connectivity index (χ3v) is 8.13. The Morgan fingerprint density at radius 3 is 2.73 bits per heavy atom. The number of nitrogens with one attached hydrogen (secondary N) is 2. The van der Waals surface area contributed by atoms with Crippen LogP contribution >= 0.6 is 11.8 Å². The lowest BCUT2D eigenvalue weighted by Crippen LogP contribution is -2.41. The van der Waals surface area contributed by atoms with Gasteiger partial charge in [0.2, 0.25) is 5.91 Å². The Bertz CT molecular complexity index is 1510. The van der Waals surface area contributed by atoms with E-state index >= 15 is 0 Å². The molecule has 3 N–H and O–H groups in total. The summed E-state index contributed by atoms with van der Waals surface area (Å²) in [6.45, 7) is 5.69. The van der Waals surface area contributed by atoms with E-state index in [0.29, 0.717) is 22.4 Å². The fourth-order valence-corrected chi connectivity index (χ4v) is 6.06. The number of thioether (sulfide) groups is 1. The fraction of sp³-hybridized carbons (Fsp3) is 0.226. The first-order valence-electron chi connectivity index (χ1n) is 13.0. The van der Waals surface area contributed by atoms with E-state index < -0.39 is 11.9 Å². The number of aliphatic carboxylic acids is 1. The van der Waals surface area contributed by atoms with Crippen molar-refractivity contribution in [2.75, 3.05) is 17.3 Å². The lowest BCUT2D eigenvalue weighted by molar-refractivity contribution is -0.137. The molecule has 9 heteroatoms. The Balaban J connectivity index is 1.32. The number of hydrogen-bond donors (Lipinski definition) is 3. The third kappa shape index (κ3) is 5.37. The second-order valence-electron chi connectivity index (χ2n) is 9.91. The monoisotopic (exact) mass is 554 g/mol. The summed E-state index contributed by atoms with van der Waals surface area (Å²) in [5.74, 6) is -1.16. The summed E-state index contributed by atoms with van der Waals surface area (Å²) in [4.78, 5) is 45.8. The molecule has 5 rings (SSSR count). The minimum Gasteiger partial charge on any atom is -0.481 e. The maximum Gasteiger partial charge on any atom is 0.304 e. The van der Waals surface area contributed by atoms with Crippen molar-refractivity contribution in [2.24, 2.45) is 4.99 Å². The van der Waals surface area contributed by atoms with Crippen molar-refractivity contribution in [1.82, 2.24) is 10.6 Å². The average molecular weight is 555 g/mol. The van der Waals surface area contributed by atoms with E-state index in [1.165, 1.54) is 16.7 Å². The number of rotatable bonds is 9. The van der Waals surface area contributed by atoms with Crippen molar-refractivity contribution < 1.29 is 19.5 Å². The summed E-state index contributed by atoms with van der Waals surface area (Å²) in [6, 6.07) is 14.2. The number of hydrogen-bond acceptors (Lipinski definition) is 6. The van der Waals surface area contributed by atoms with Gasteiger partial charge in [-0.2, -0.15) is 0 Å². The van der Waals surface area contributed by atoms with Crippen molar-refractivity contribution in [1.29, 1.82) is 0 Å². The number of nitrogens with zero attached hydrogens (tertiary/aromatic N) is 2. The van der Waals surface area contributed by atoms with Crippen LogP contribution in [0.25, 0.3) is 0 Å². The summed E-state index contributed by atoms with van der Waals surface area (Å²) in [5.41, 5.74) is 2.97. The van der Waals surface area contributed by atoms with E-state index in [0.717, 1.165) is 22.9 Å². The molecule has 0 fully saturated rings. The zero-order valence-electron chi connectivity index (χ0n) is 22.1. The number of benzene rings is 2. The van der Waals surface area contributed by atoms with Gasteiger partial charge in [0.25, 0.3) is 5.91 Å². The predicted molar refractivity (Wildman–Crippen MR) is 158 cm³/mol. The number of aliphatic imine (C=N–C) groups is 1. The maximum absolute atomic E-state index is 13.7. The molecule has 2 aromatic carbocycles. The molecule has 2 amide bonds. The van der Waals surface area contributed by atoms with Crippen LogP contribution in [-0.2, 0) is 9.59 Å². The van der Waals surface area contributed by atoms with Crippen LogP contribution in [0.4, 0.5) is 5.69 Å². The Hall–Kier alpha value is -4.37. The van der Waals surface area contributed by atoms with E-state index in [-0.39, 0.29) is 36.2 Å². The summed E-state index contributed by atoms with van der Waals surface area (Å²) in [5, 5.41) is 15.9. The molecule has 0 radical (unpaired) electrons. The molecule has 40 heavy (non-hydrogen) atoms. The van der Waals surface area contributed by atoms with E-state index in [2.05, 4.69) is 30.2 Å². The Morgan fingerprint density at radius 2 is 1.98 bits per heavy atom. The molecule has 0 spiro atoms. The first kappa shape index (κ1) is 27.2. The van der Waals surface area contributed by atoms with Crippen LogP contribution in [0.15, 0.2) is 101 Å². The van der Waals surface area contributed by atoms with E-state index in [9.17, 15) is 19.5 Å². The number of anilines is 1. The number of carboxylic acid groups (broad SMARTS) is 1. The number of amides is 2. The van der Waals surface area contributed by atoms with Gasteiger partial charge in [-0.15, -0.1) is 11.8 Å². The summed E-state index contributed by atoms with van der Waals surface area (Å²) >= 11 is 1.41. The Kier molecular flexibility index (Phi) is 7.75. The van der Waals surface area contributed by atoms with Gasteiger partial charge in [-0.25, -0.2) is 0 Å². The topological polar surface area (TPSA) is 111 Å². The van der Waals surface area contributed by atoms with Crippen LogP contribution in [0.2, 0.25) is 0 Å². The summed E-state index contributed by atoms with van der Waals surface area (Å²) in [7, 11) is 0. The number of carbonyl (C=O) groups excluding carboxylic acids is 2. The van der Waals surface area contributed by atoms with Crippen molar-refractivity contribution in [3.63, 3.8) is 0 Å². The molecular formula is C31H30N4O4S. The molecule has 2 heterocycles. The molecule has 204 valence electrons. The van der Waals surface area contributed by atoms with Gasteiger partial charge >= 0.3 is 5.97 Å². The van der Waals surface area contributed by atoms with Gasteiger partial charge in [-0.1, -0.05) is 61.2 Å². The number of allylic oxidation sites excluding steroid dienone is 4. The quantitative estimate of drug-likeness (QED) is 0.305. The molecule has 0 saturated heterocycles. The van der Waals surface area contributed by atoms with Crippen LogP contribution in [0.5, 0.6) is 0 Å². The predicted octanol–water partition coefficient (Wildman–Crippen LogP) is 4.73. The van der Waals surface area contributed by atoms with Gasteiger partial charge in [-0.3, -0.25) is 24.3 Å². The molecule has 2 unspecified atom stereocenters. The lowest BCUT2D eigenvalue weighted by Gasteiger charge is -2.23. The molecule has 1 aliphatic carbocycles. The minimum absolute atomic E-state index is 0.166. The van der Waals surface area contributed by atoms with E-state index in [1.807, 2.05) is 30.4 Å². The molecule has 0 bridgehead atoms. The molecule has 2 aromatic rings. The summed E-state index contributed by atoms with van der Waals surface area (Å²) in [6.07, 6.45) is 10.3. The highest BCUT2D eigenvalue weighted by Crippen LogP contribution is 2.40. The smallest absolute Gasteiger partial charge is 0.304 e. The number of carbonyl (C=O) groups is 3. The number of para-hydroxylation sites is 1. The first-order chi connectivity index (χ1) is 19.3. The largest absolute Gasteiger partial charge is 0.481 e. The van der Waals surface area contributed by atoms with Gasteiger partial charge in [0.1, 0.15) is 17.9 Å². The molecule has 0 aromatic heterocycles.